The second-order valence-corrected chi connectivity index (χ2v) is 11.8. The normalized spacial score (nSPS) is 44.0. The Bertz CT molecular complexity index is 527. The highest BCUT2D eigenvalue weighted by molar-refractivity contribution is 4.97. The topological polar surface area (TPSA) is 0 Å². The standard InChI is InChI=1S/C27H45F3/c1-19-15-20(16-21-10-7-12-23(17-21)27(28,29)30)9-5-3-2-4-6-13-25-24(19)14-8-11-22-18-26(22)25/h19-26H,2-18H2,1H3/t19?,20-,21?,22?,23?,24?,25?,26?/m0/s1. The van der Waals surface area contributed by atoms with Crippen LogP contribution in [-0.2, 0) is 0 Å². The van der Waals surface area contributed by atoms with E-state index in [-0.39, 0.29) is 0 Å². The quantitative estimate of drug-likeness (QED) is 0.413. The minimum atomic E-state index is -3.98. The Morgan fingerprint density at radius 3 is 2.03 bits per heavy atom. The van der Waals surface area contributed by atoms with Crippen LogP contribution in [0.3, 0.4) is 0 Å². The van der Waals surface area contributed by atoms with Gasteiger partial charge in [-0.1, -0.05) is 71.1 Å². The molecule has 0 aromatic rings. The van der Waals surface area contributed by atoms with Crippen LogP contribution in [0.2, 0.25) is 0 Å². The van der Waals surface area contributed by atoms with Gasteiger partial charge < -0.3 is 0 Å². The van der Waals surface area contributed by atoms with Gasteiger partial charge >= 0.3 is 6.18 Å². The average Bonchev–Trinajstić information content (AvgIpc) is 3.46. The zero-order valence-electron chi connectivity index (χ0n) is 19.3. The predicted octanol–water partition coefficient (Wildman–Crippen LogP) is 9.18. The fourth-order valence-corrected chi connectivity index (χ4v) is 8.06. The van der Waals surface area contributed by atoms with E-state index < -0.39 is 12.1 Å². The van der Waals surface area contributed by atoms with Crippen LogP contribution in [0.5, 0.6) is 0 Å². The first kappa shape index (κ1) is 23.0. The monoisotopic (exact) mass is 426 g/mol. The number of hydrogen-bond acceptors (Lipinski definition) is 0. The fraction of sp³-hybridized carbons (Fsp3) is 1.00. The van der Waals surface area contributed by atoms with E-state index in [9.17, 15) is 13.2 Å². The van der Waals surface area contributed by atoms with Gasteiger partial charge in [0, 0.05) is 0 Å². The number of hydrogen-bond donors (Lipinski definition) is 0. The summed E-state index contributed by atoms with van der Waals surface area (Å²) in [6.07, 6.45) is 16.3. The lowest BCUT2D eigenvalue weighted by Crippen LogP contribution is -2.30. The van der Waals surface area contributed by atoms with Gasteiger partial charge in [-0.3, -0.25) is 0 Å². The lowest BCUT2D eigenvalue weighted by Gasteiger charge is -2.36. The molecule has 0 aromatic carbocycles. The van der Waals surface area contributed by atoms with Crippen LogP contribution in [0.4, 0.5) is 13.2 Å². The van der Waals surface area contributed by atoms with Crippen LogP contribution >= 0.6 is 0 Å². The SMILES string of the molecule is CC1C[C@@H](CC2CCCC(C(F)(F)F)C2)CCCCCCCC2C1CCCC1CC12. The molecule has 0 saturated heterocycles. The highest BCUT2D eigenvalue weighted by atomic mass is 19.4. The van der Waals surface area contributed by atoms with E-state index in [1.54, 1.807) is 0 Å². The number of fused-ring (bicyclic) bond motifs is 3. The Kier molecular flexibility index (Phi) is 7.77. The van der Waals surface area contributed by atoms with Gasteiger partial charge in [-0.2, -0.15) is 13.2 Å². The van der Waals surface area contributed by atoms with E-state index in [1.165, 1.54) is 77.0 Å². The molecule has 4 aliphatic carbocycles. The van der Waals surface area contributed by atoms with E-state index in [4.69, 9.17) is 0 Å². The van der Waals surface area contributed by atoms with Crippen molar-refractivity contribution < 1.29 is 13.2 Å². The zero-order valence-corrected chi connectivity index (χ0v) is 19.3. The van der Waals surface area contributed by atoms with Gasteiger partial charge in [-0.05, 0) is 86.4 Å². The van der Waals surface area contributed by atoms with Crippen LogP contribution in [0.25, 0.3) is 0 Å². The van der Waals surface area contributed by atoms with Crippen molar-refractivity contribution in [1.82, 2.24) is 0 Å². The lowest BCUT2D eigenvalue weighted by molar-refractivity contribution is -0.186. The number of halogens is 3. The van der Waals surface area contributed by atoms with Gasteiger partial charge in [0.15, 0.2) is 0 Å². The van der Waals surface area contributed by atoms with Crippen molar-refractivity contribution in [1.29, 1.82) is 0 Å². The third-order valence-corrected chi connectivity index (χ3v) is 9.69. The summed E-state index contributed by atoms with van der Waals surface area (Å²) in [5.41, 5.74) is 0. The Balaban J connectivity index is 1.40. The third-order valence-electron chi connectivity index (χ3n) is 9.69. The van der Waals surface area contributed by atoms with Gasteiger partial charge in [-0.25, -0.2) is 0 Å². The molecular weight excluding hydrogens is 381 g/mol. The van der Waals surface area contributed by atoms with Crippen molar-refractivity contribution in [3.05, 3.63) is 0 Å². The second kappa shape index (κ2) is 10.2. The van der Waals surface area contributed by atoms with Crippen LogP contribution in [-0.4, -0.2) is 6.18 Å². The molecule has 4 rings (SSSR count). The Labute approximate surface area is 183 Å². The molecule has 7 unspecified atom stereocenters. The molecule has 0 aromatic heterocycles. The molecule has 4 saturated carbocycles. The van der Waals surface area contributed by atoms with Gasteiger partial charge in [0.05, 0.1) is 5.92 Å². The molecular formula is C27H45F3. The molecule has 0 aliphatic heterocycles. The molecule has 0 radical (unpaired) electrons. The molecule has 174 valence electrons. The molecule has 3 heteroatoms. The minimum absolute atomic E-state index is 0.313. The first-order valence-corrected chi connectivity index (χ1v) is 13.5. The maximum Gasteiger partial charge on any atom is 0.391 e. The summed E-state index contributed by atoms with van der Waals surface area (Å²) in [4.78, 5) is 0. The third kappa shape index (κ3) is 5.97. The van der Waals surface area contributed by atoms with Gasteiger partial charge in [0.2, 0.25) is 0 Å². The van der Waals surface area contributed by atoms with Crippen molar-refractivity contribution in [3.63, 3.8) is 0 Å². The van der Waals surface area contributed by atoms with E-state index >= 15 is 0 Å². The summed E-state index contributed by atoms with van der Waals surface area (Å²) >= 11 is 0. The molecule has 0 spiro atoms. The van der Waals surface area contributed by atoms with E-state index in [1.807, 2.05) is 0 Å². The summed E-state index contributed by atoms with van der Waals surface area (Å²) in [5.74, 6) is 4.61. The maximum atomic E-state index is 13.3. The molecule has 4 fully saturated rings. The van der Waals surface area contributed by atoms with Gasteiger partial charge in [-0.15, -0.1) is 0 Å². The Morgan fingerprint density at radius 2 is 1.23 bits per heavy atom. The molecule has 0 nitrogen and oxygen atoms in total. The lowest BCUT2D eigenvalue weighted by atomic mass is 9.69. The average molecular weight is 427 g/mol. The van der Waals surface area contributed by atoms with Crippen LogP contribution in [0.1, 0.15) is 116 Å². The summed E-state index contributed by atoms with van der Waals surface area (Å²) in [6, 6.07) is 0. The molecule has 30 heavy (non-hydrogen) atoms. The largest absolute Gasteiger partial charge is 0.391 e. The van der Waals surface area contributed by atoms with Gasteiger partial charge in [0.25, 0.3) is 0 Å². The van der Waals surface area contributed by atoms with E-state index in [0.29, 0.717) is 24.7 Å². The maximum absolute atomic E-state index is 13.3. The molecule has 0 N–H and O–H groups in total. The summed E-state index contributed by atoms with van der Waals surface area (Å²) in [5, 5.41) is 0. The molecule has 8 atom stereocenters. The second-order valence-electron chi connectivity index (χ2n) is 11.8. The zero-order chi connectivity index (χ0) is 21.1. The highest BCUT2D eigenvalue weighted by Gasteiger charge is 2.48. The van der Waals surface area contributed by atoms with E-state index in [2.05, 4.69) is 6.92 Å². The first-order valence-electron chi connectivity index (χ1n) is 13.5. The van der Waals surface area contributed by atoms with Gasteiger partial charge in [0.1, 0.15) is 0 Å². The Hall–Kier alpha value is -0.210. The van der Waals surface area contributed by atoms with Crippen molar-refractivity contribution in [2.75, 3.05) is 0 Å². The van der Waals surface area contributed by atoms with Crippen LogP contribution < -0.4 is 0 Å². The number of rotatable bonds is 2. The van der Waals surface area contributed by atoms with Crippen molar-refractivity contribution >= 4 is 0 Å². The molecule has 0 heterocycles. The first-order chi connectivity index (χ1) is 14.4. The summed E-state index contributed by atoms with van der Waals surface area (Å²) in [7, 11) is 0. The van der Waals surface area contributed by atoms with Crippen LogP contribution in [0.15, 0.2) is 0 Å². The van der Waals surface area contributed by atoms with Crippen molar-refractivity contribution in [2.45, 2.75) is 122 Å². The summed E-state index contributed by atoms with van der Waals surface area (Å²) < 4.78 is 40.0. The minimum Gasteiger partial charge on any atom is -0.171 e. The van der Waals surface area contributed by atoms with Crippen molar-refractivity contribution in [3.8, 4) is 0 Å². The van der Waals surface area contributed by atoms with E-state index in [0.717, 1.165) is 48.9 Å². The molecule has 4 aliphatic rings. The smallest absolute Gasteiger partial charge is 0.171 e. The summed E-state index contributed by atoms with van der Waals surface area (Å²) in [6.45, 7) is 2.51. The van der Waals surface area contributed by atoms with Crippen LogP contribution in [0, 0.1) is 47.3 Å². The number of alkyl halides is 3. The molecule has 0 amide bonds. The van der Waals surface area contributed by atoms with Crippen molar-refractivity contribution in [2.24, 2.45) is 47.3 Å². The predicted molar refractivity (Wildman–Crippen MR) is 118 cm³/mol. The highest BCUT2D eigenvalue weighted by Crippen LogP contribution is 2.56. The molecule has 0 bridgehead atoms. The Morgan fingerprint density at radius 1 is 0.600 bits per heavy atom. The fourth-order valence-electron chi connectivity index (χ4n) is 8.06.